The zero-order valence-corrected chi connectivity index (χ0v) is 13.7. The van der Waals surface area contributed by atoms with E-state index in [0.29, 0.717) is 11.4 Å². The second-order valence-corrected chi connectivity index (χ2v) is 5.86. The molecule has 0 aliphatic rings. The van der Waals surface area contributed by atoms with Gasteiger partial charge in [0.05, 0.1) is 0 Å². The number of benzene rings is 1. The van der Waals surface area contributed by atoms with E-state index in [2.05, 4.69) is 5.32 Å². The van der Waals surface area contributed by atoms with E-state index in [1.165, 1.54) is 23.9 Å². The number of carbonyl (C=O) groups is 1. The number of rotatable bonds is 5. The van der Waals surface area contributed by atoms with Crippen molar-refractivity contribution in [3.8, 4) is 0 Å². The maximum atomic E-state index is 12.0. The van der Waals surface area contributed by atoms with Gasteiger partial charge in [-0.2, -0.15) is 0 Å². The summed E-state index contributed by atoms with van der Waals surface area (Å²) >= 11 is 5.84. The molecule has 122 valence electrons. The van der Waals surface area contributed by atoms with Gasteiger partial charge in [-0.3, -0.25) is 18.7 Å². The van der Waals surface area contributed by atoms with Crippen molar-refractivity contribution < 1.29 is 4.79 Å². The number of hydrogen-bond donors (Lipinski definition) is 1. The van der Waals surface area contributed by atoms with E-state index >= 15 is 0 Å². The monoisotopic (exact) mass is 335 g/mol. The molecule has 1 aromatic heterocycles. The molecule has 2 rings (SSSR count). The fourth-order valence-electron chi connectivity index (χ4n) is 2.24. The number of amides is 1. The smallest absolute Gasteiger partial charge is 0.331 e. The highest BCUT2D eigenvalue weighted by atomic mass is 35.5. The molecule has 6 nitrogen and oxygen atoms in total. The normalized spacial score (nSPS) is 12.0. The van der Waals surface area contributed by atoms with Gasteiger partial charge in [-0.05, 0) is 31.0 Å². The lowest BCUT2D eigenvalue weighted by atomic mass is 10.1. The van der Waals surface area contributed by atoms with E-state index in [1.807, 2.05) is 19.1 Å². The standard InChI is InChI=1S/C16H18ClN3O3/c1-11(9-12-3-5-13(17)6-4-12)18-14(21)10-20-8-7-15(22)19(2)16(20)23/h3-8,11H,9-10H2,1-2H3,(H,18,21). The molecule has 0 fully saturated rings. The van der Waals surface area contributed by atoms with Gasteiger partial charge in [-0.1, -0.05) is 23.7 Å². The molecule has 0 radical (unpaired) electrons. The lowest BCUT2D eigenvalue weighted by Crippen LogP contribution is -2.42. The Morgan fingerprint density at radius 1 is 1.22 bits per heavy atom. The van der Waals surface area contributed by atoms with Crippen LogP contribution in [0.3, 0.4) is 0 Å². The Morgan fingerprint density at radius 3 is 2.52 bits per heavy atom. The highest BCUT2D eigenvalue weighted by Crippen LogP contribution is 2.10. The van der Waals surface area contributed by atoms with Crippen molar-refractivity contribution in [3.63, 3.8) is 0 Å². The maximum Gasteiger partial charge on any atom is 0.331 e. The first-order valence-corrected chi connectivity index (χ1v) is 7.55. The molecule has 0 aliphatic heterocycles. The fourth-order valence-corrected chi connectivity index (χ4v) is 2.36. The van der Waals surface area contributed by atoms with Crippen LogP contribution in [-0.2, 0) is 24.8 Å². The van der Waals surface area contributed by atoms with Crippen molar-refractivity contribution in [2.45, 2.75) is 25.9 Å². The highest BCUT2D eigenvalue weighted by Gasteiger charge is 2.10. The molecule has 2 aromatic rings. The van der Waals surface area contributed by atoms with E-state index in [-0.39, 0.29) is 18.5 Å². The Kier molecular flexibility index (Phi) is 5.39. The van der Waals surface area contributed by atoms with Crippen LogP contribution in [-0.4, -0.2) is 21.1 Å². The van der Waals surface area contributed by atoms with Crippen LogP contribution in [0.2, 0.25) is 5.02 Å². The molecule has 1 amide bonds. The first-order chi connectivity index (χ1) is 10.9. The molecule has 1 N–H and O–H groups in total. The van der Waals surface area contributed by atoms with Crippen LogP contribution in [0.1, 0.15) is 12.5 Å². The van der Waals surface area contributed by atoms with Crippen LogP contribution in [0.4, 0.5) is 0 Å². The molecule has 1 unspecified atom stereocenters. The molecule has 0 saturated heterocycles. The molecule has 0 aliphatic carbocycles. The second-order valence-electron chi connectivity index (χ2n) is 5.42. The Hall–Kier alpha value is -2.34. The van der Waals surface area contributed by atoms with Crippen molar-refractivity contribution in [1.82, 2.24) is 14.5 Å². The summed E-state index contributed by atoms with van der Waals surface area (Å²) in [5.41, 5.74) is 0.141. The number of nitrogens with one attached hydrogen (secondary N) is 1. The second kappa shape index (κ2) is 7.28. The van der Waals surface area contributed by atoms with Crippen LogP contribution in [0.5, 0.6) is 0 Å². The Labute approximate surface area is 138 Å². The third kappa shape index (κ3) is 4.56. The molecule has 7 heteroatoms. The topological polar surface area (TPSA) is 73.1 Å². The number of nitrogens with zero attached hydrogens (tertiary/aromatic N) is 2. The molecule has 0 spiro atoms. The lowest BCUT2D eigenvalue weighted by molar-refractivity contribution is -0.122. The number of aromatic nitrogens is 2. The minimum atomic E-state index is -0.516. The summed E-state index contributed by atoms with van der Waals surface area (Å²) in [7, 11) is 1.38. The minimum absolute atomic E-state index is 0.0908. The molecular formula is C16H18ClN3O3. The predicted octanol–water partition coefficient (Wildman–Crippen LogP) is 0.948. The van der Waals surface area contributed by atoms with Crippen LogP contribution in [0.25, 0.3) is 0 Å². The van der Waals surface area contributed by atoms with Gasteiger partial charge >= 0.3 is 5.69 Å². The van der Waals surface area contributed by atoms with Gasteiger partial charge in [0.25, 0.3) is 5.56 Å². The van der Waals surface area contributed by atoms with Crippen LogP contribution in [0, 0.1) is 0 Å². The Balaban J connectivity index is 1.96. The first-order valence-electron chi connectivity index (χ1n) is 7.17. The summed E-state index contributed by atoms with van der Waals surface area (Å²) < 4.78 is 2.16. The molecule has 0 saturated carbocycles. The Bertz CT molecular complexity index is 809. The maximum absolute atomic E-state index is 12.0. The summed E-state index contributed by atoms with van der Waals surface area (Å²) in [6.07, 6.45) is 1.99. The van der Waals surface area contributed by atoms with Crippen molar-refractivity contribution in [3.05, 3.63) is 68.0 Å². The highest BCUT2D eigenvalue weighted by molar-refractivity contribution is 6.30. The van der Waals surface area contributed by atoms with Gasteiger partial charge in [0.1, 0.15) is 6.54 Å². The molecular weight excluding hydrogens is 318 g/mol. The summed E-state index contributed by atoms with van der Waals surface area (Å²) in [6, 6.07) is 8.58. The predicted molar refractivity (Wildman–Crippen MR) is 88.7 cm³/mol. The van der Waals surface area contributed by atoms with Gasteiger partial charge in [0.15, 0.2) is 0 Å². The lowest BCUT2D eigenvalue weighted by Gasteiger charge is -2.15. The third-order valence-electron chi connectivity index (χ3n) is 3.44. The summed E-state index contributed by atoms with van der Waals surface area (Å²) in [6.45, 7) is 1.76. The third-order valence-corrected chi connectivity index (χ3v) is 3.69. The van der Waals surface area contributed by atoms with Crippen molar-refractivity contribution in [2.24, 2.45) is 7.05 Å². The summed E-state index contributed by atoms with van der Waals surface area (Å²) in [5, 5.41) is 3.50. The van der Waals surface area contributed by atoms with Crippen LogP contribution < -0.4 is 16.6 Å². The zero-order chi connectivity index (χ0) is 17.0. The molecule has 1 atom stereocenters. The minimum Gasteiger partial charge on any atom is -0.352 e. The number of halogens is 1. The first kappa shape index (κ1) is 17.0. The summed E-state index contributed by atoms with van der Waals surface area (Å²) in [5.74, 6) is -0.285. The summed E-state index contributed by atoms with van der Waals surface area (Å²) in [4.78, 5) is 35.2. The van der Waals surface area contributed by atoms with E-state index in [1.54, 1.807) is 12.1 Å². The average molecular weight is 336 g/mol. The van der Waals surface area contributed by atoms with Gasteiger partial charge in [0.2, 0.25) is 5.91 Å². The quantitative estimate of drug-likeness (QED) is 0.884. The van der Waals surface area contributed by atoms with Gasteiger partial charge in [0, 0.05) is 30.4 Å². The number of hydrogen-bond acceptors (Lipinski definition) is 3. The molecule has 1 heterocycles. The van der Waals surface area contributed by atoms with Crippen molar-refractivity contribution in [2.75, 3.05) is 0 Å². The van der Waals surface area contributed by atoms with E-state index in [4.69, 9.17) is 11.6 Å². The van der Waals surface area contributed by atoms with Crippen molar-refractivity contribution in [1.29, 1.82) is 0 Å². The van der Waals surface area contributed by atoms with E-state index in [0.717, 1.165) is 10.1 Å². The van der Waals surface area contributed by atoms with Gasteiger partial charge in [-0.25, -0.2) is 4.79 Å². The van der Waals surface area contributed by atoms with Crippen molar-refractivity contribution >= 4 is 17.5 Å². The fraction of sp³-hybridized carbons (Fsp3) is 0.312. The van der Waals surface area contributed by atoms with E-state index in [9.17, 15) is 14.4 Å². The number of carbonyl (C=O) groups excluding carboxylic acids is 1. The molecule has 0 bridgehead atoms. The largest absolute Gasteiger partial charge is 0.352 e. The van der Waals surface area contributed by atoms with Crippen LogP contribution >= 0.6 is 11.6 Å². The van der Waals surface area contributed by atoms with E-state index < -0.39 is 11.2 Å². The van der Waals surface area contributed by atoms with Crippen LogP contribution in [0.15, 0.2) is 46.1 Å². The molecule has 1 aromatic carbocycles. The van der Waals surface area contributed by atoms with Gasteiger partial charge in [-0.15, -0.1) is 0 Å². The zero-order valence-electron chi connectivity index (χ0n) is 13.0. The Morgan fingerprint density at radius 2 is 1.87 bits per heavy atom. The average Bonchev–Trinajstić information content (AvgIpc) is 2.50. The van der Waals surface area contributed by atoms with Gasteiger partial charge < -0.3 is 5.32 Å². The SMILES string of the molecule is CC(Cc1ccc(Cl)cc1)NC(=O)Cn1ccc(=O)n(C)c1=O. The molecule has 23 heavy (non-hydrogen) atoms.